The van der Waals surface area contributed by atoms with Crippen molar-refractivity contribution < 1.29 is 115 Å². The number of halogens is 3. The number of aromatic nitrogens is 6. The van der Waals surface area contributed by atoms with Gasteiger partial charge in [-0.2, -0.15) is 4.98 Å². The number of nitrogens with zero attached hydrogens (tertiary/aromatic N) is 6. The molecule has 6 heterocycles. The molecular weight excluding hydrogens is 1270 g/mol. The second-order valence-electron chi connectivity index (χ2n) is 14.8. The summed E-state index contributed by atoms with van der Waals surface area (Å²) in [6, 6.07) is 6.70. The number of rotatable bonds is 24. The third-order valence-electron chi connectivity index (χ3n) is 9.86. The van der Waals surface area contributed by atoms with Crippen LogP contribution in [0.15, 0.2) is 40.2 Å². The van der Waals surface area contributed by atoms with E-state index in [1.54, 1.807) is 31.5 Å². The number of H-pyrrole nitrogens is 2. The minimum atomic E-state index is -5.45. The fraction of sp³-hybridized carbons (Fsp3) is 0.515. The number of phosphoric ester groups is 3. The number of imidazole rings is 1. The van der Waals surface area contributed by atoms with Crippen LogP contribution in [0.1, 0.15) is 6.23 Å². The van der Waals surface area contributed by atoms with Gasteiger partial charge in [0.1, 0.15) is 6.10 Å². The molecule has 3 aliphatic rings. The number of aliphatic hydroxyl groups excluding tert-OH is 3. The number of benzene rings is 1. The molecule has 3 aliphatic heterocycles. The molecule has 7 rings (SSSR count). The molecule has 38 heteroatoms. The molecule has 0 aliphatic carbocycles. The van der Waals surface area contributed by atoms with Crippen LogP contribution in [0, 0.1) is 0 Å². The van der Waals surface area contributed by atoms with Gasteiger partial charge >= 0.3 is 317 Å². The Kier molecular flexibility index (Phi) is 18.7. The summed E-state index contributed by atoms with van der Waals surface area (Å²) in [6.45, 7) is -2.95. The van der Waals surface area contributed by atoms with Crippen molar-refractivity contribution in [1.29, 1.82) is 0 Å². The maximum atomic E-state index is 13.4. The zero-order valence-electron chi connectivity index (χ0n) is 36.2. The number of nitrogen functional groups attached to an aromatic ring is 2. The van der Waals surface area contributed by atoms with Crippen molar-refractivity contribution in [2.24, 2.45) is 0 Å². The summed E-state index contributed by atoms with van der Waals surface area (Å²) in [5, 5.41) is 33.3. The van der Waals surface area contributed by atoms with E-state index < -0.39 is 150 Å². The first kappa shape index (κ1) is 55.9. The predicted molar refractivity (Wildman–Crippen MR) is 246 cm³/mol. The van der Waals surface area contributed by atoms with Crippen molar-refractivity contribution >= 4 is 94.8 Å². The van der Waals surface area contributed by atoms with E-state index in [0.29, 0.717) is 10.8 Å². The summed E-state index contributed by atoms with van der Waals surface area (Å²) in [4.78, 5) is 84.0. The fourth-order valence-electron chi connectivity index (χ4n) is 6.73. The van der Waals surface area contributed by atoms with Gasteiger partial charge in [-0.15, -0.1) is 0 Å². The molecule has 2 fully saturated rings. The van der Waals surface area contributed by atoms with E-state index in [4.69, 9.17) is 63.2 Å². The Morgan fingerprint density at radius 1 is 0.887 bits per heavy atom. The number of nitrogens with one attached hydrogen (secondary N) is 2. The Hall–Kier alpha value is -2.88. The van der Waals surface area contributed by atoms with E-state index in [9.17, 15) is 58.2 Å². The monoisotopic (exact) mass is 1310 g/mol. The van der Waals surface area contributed by atoms with Crippen LogP contribution in [-0.2, 0) is 53.6 Å². The van der Waals surface area contributed by atoms with Crippen LogP contribution in [0.4, 0.5) is 23.4 Å². The van der Waals surface area contributed by atoms with Gasteiger partial charge in [-0.3, -0.25) is 14.3 Å². The number of phosphoric acid groups is 3. The molecule has 4 aromatic rings. The van der Waals surface area contributed by atoms with Gasteiger partial charge in [0, 0.05) is 5.02 Å². The van der Waals surface area contributed by atoms with E-state index >= 15 is 0 Å². The van der Waals surface area contributed by atoms with Gasteiger partial charge in [-0.05, 0) is 12.1 Å². The zero-order valence-corrected chi connectivity index (χ0v) is 43.9. The van der Waals surface area contributed by atoms with E-state index in [1.807, 2.05) is 0 Å². The van der Waals surface area contributed by atoms with Gasteiger partial charge in [0.2, 0.25) is 5.95 Å². The molecule has 396 valence electrons. The average molecular weight is 1320 g/mol. The number of nitrogens with two attached hydrogens (primary N) is 2. The Labute approximate surface area is 424 Å². The molecule has 71 heavy (non-hydrogen) atoms. The number of aliphatic hydroxyl groups is 3. The number of anilines is 4. The van der Waals surface area contributed by atoms with Gasteiger partial charge in [-0.1, -0.05) is 11.6 Å². The Bertz CT molecular complexity index is 2800. The van der Waals surface area contributed by atoms with Crippen LogP contribution in [0.3, 0.4) is 0 Å². The van der Waals surface area contributed by atoms with Gasteiger partial charge in [-0.25, -0.2) is 4.98 Å². The SMILES string of the molecule is COCCO[C@H]1C(N2C=IN(CCOc3ccc(Cl)cc3)c3c2nc(N)[nH]c3=O)O[C@H]([I-]OP(=O)(O)OCC(COP(=O)(O)OC[C@H]2O[C@@H](n3cnc4c(=O)[nH]c(N)nc43)[C@H](O)[C@@H]2O)OP(=O)(O)O)[C@H]1O. The molecular formula is C33H45ClI2N10O22P3-. The summed E-state index contributed by atoms with van der Waals surface area (Å²) in [7, 11) is -14.5. The normalized spacial score (nSPS) is 25.8. The molecule has 0 spiro atoms. The van der Waals surface area contributed by atoms with Crippen molar-refractivity contribution in [1.82, 2.24) is 29.5 Å². The van der Waals surface area contributed by atoms with E-state index in [1.165, 1.54) is 12.0 Å². The maximum absolute atomic E-state index is 13.4. The van der Waals surface area contributed by atoms with Crippen LogP contribution >= 0.6 is 56.1 Å². The molecule has 0 saturated carbocycles. The summed E-state index contributed by atoms with van der Waals surface area (Å²) in [6.07, 6.45) is -11.4. The second-order valence-corrected chi connectivity index (χ2v) is 24.4. The zero-order chi connectivity index (χ0) is 51.4. The Balaban J connectivity index is 0.957. The van der Waals surface area contributed by atoms with Crippen LogP contribution in [0.2, 0.25) is 5.02 Å². The molecule has 4 unspecified atom stereocenters. The molecule has 0 bridgehead atoms. The number of fused-ring (bicyclic) bond motifs is 2. The number of ether oxygens (including phenoxy) is 5. The summed E-state index contributed by atoms with van der Waals surface area (Å²) in [5.41, 5.74) is 10.1. The van der Waals surface area contributed by atoms with Crippen LogP contribution in [0.25, 0.3) is 11.2 Å². The van der Waals surface area contributed by atoms with E-state index in [0.717, 1.165) is 10.9 Å². The van der Waals surface area contributed by atoms with Crippen molar-refractivity contribution in [2.75, 3.05) is 72.8 Å². The molecule has 1 aromatic carbocycles. The minimum absolute atomic E-state index is 0.0356. The number of hydrogen-bond donors (Lipinski definition) is 11. The predicted octanol–water partition coefficient (Wildman–Crippen LogP) is -4.49. The van der Waals surface area contributed by atoms with E-state index in [2.05, 4.69) is 29.4 Å². The van der Waals surface area contributed by atoms with E-state index in [-0.39, 0.29) is 60.9 Å². The van der Waals surface area contributed by atoms with Gasteiger partial charge in [0.15, 0.2) is 17.4 Å². The molecule has 32 nitrogen and oxygen atoms in total. The first-order valence-electron chi connectivity index (χ1n) is 20.2. The second kappa shape index (κ2) is 23.8. The van der Waals surface area contributed by atoms with Crippen LogP contribution < -0.4 is 57.0 Å². The first-order valence-corrected chi connectivity index (χ1v) is 29.4. The molecule has 3 aromatic heterocycles. The van der Waals surface area contributed by atoms with Crippen molar-refractivity contribution in [3.63, 3.8) is 0 Å². The van der Waals surface area contributed by atoms with Crippen LogP contribution in [0.5, 0.6) is 5.75 Å². The number of methoxy groups -OCH3 is 1. The Morgan fingerprint density at radius 2 is 1.58 bits per heavy atom. The van der Waals surface area contributed by atoms with Gasteiger partial charge in [0.05, 0.1) is 6.33 Å². The molecule has 13 N–H and O–H groups in total. The molecule has 0 amide bonds. The summed E-state index contributed by atoms with van der Waals surface area (Å²) in [5.74, 6) is 0.0413. The average Bonchev–Trinajstić information content (AvgIpc) is 3.95. The fourth-order valence-corrected chi connectivity index (χ4v) is 14.0. The van der Waals surface area contributed by atoms with Gasteiger partial charge in [0.25, 0.3) is 5.56 Å². The third kappa shape index (κ3) is 14.3. The summed E-state index contributed by atoms with van der Waals surface area (Å²) >= 11 is 2.64. The Morgan fingerprint density at radius 3 is 2.28 bits per heavy atom. The molecule has 2 saturated heterocycles. The third-order valence-corrected chi connectivity index (χ3v) is 18.6. The quantitative estimate of drug-likeness (QED) is 0.0104. The van der Waals surface area contributed by atoms with Crippen molar-refractivity contribution in [3.05, 3.63) is 56.3 Å². The first-order chi connectivity index (χ1) is 33.5. The van der Waals surface area contributed by atoms with Crippen LogP contribution in [-0.4, -0.2) is 169 Å². The number of alkyl halides is 1. The van der Waals surface area contributed by atoms with Crippen molar-refractivity contribution in [3.8, 4) is 5.75 Å². The van der Waals surface area contributed by atoms with Crippen molar-refractivity contribution in [2.45, 2.75) is 53.2 Å². The molecule has 0 radical (unpaired) electrons. The number of hydrogen-bond acceptors (Lipinski definition) is 25. The van der Waals surface area contributed by atoms with Gasteiger partial charge < -0.3 is 15.9 Å². The topological polar surface area (TPSA) is 453 Å². The summed E-state index contributed by atoms with van der Waals surface area (Å²) < 4.78 is 94.0. The number of aromatic amines is 2. The molecule has 11 atom stereocenters. The standard InChI is InChI=1S/C33H45ClI2N10O22P3/c1-59-8-9-61-24-23(49)25(66-31(24)44-13-35-46(20-27(44)41-33(38)43-29(20)51)6-7-60-16-4-2-15(34)3-5-16)36-68-71(57,58)63-11-17(67-69(52,53)54)10-62-70(55,56)64-12-18-21(47)22(48)30(65-18)45-14-39-19-26(45)40-32(37)42-28(19)50/h2-5,13-14,17-18,21-25,30-31,47-49H,6-12H2,1H3,(H,55,56)(H,57,58)(H2,52,53,54)(H3,37,40,42,50)(H3,38,41,43,51)/q-1/t17?,18-,21-,22-,23+,24-,25+,30-,31?/m1/s1.